The number of amides is 3. The maximum Gasteiger partial charge on any atom is 0.283 e. The van der Waals surface area contributed by atoms with Gasteiger partial charge in [0.25, 0.3) is 17.7 Å². The van der Waals surface area contributed by atoms with Crippen molar-refractivity contribution in [2.24, 2.45) is 0 Å². The Labute approximate surface area is 249 Å². The van der Waals surface area contributed by atoms with Crippen molar-refractivity contribution in [3.05, 3.63) is 118 Å². The van der Waals surface area contributed by atoms with Gasteiger partial charge in [0.1, 0.15) is 22.1 Å². The molecule has 0 radical (unpaired) electrons. The molecule has 0 atom stereocenters. The molecule has 0 aliphatic carbocycles. The van der Waals surface area contributed by atoms with Gasteiger partial charge in [-0.1, -0.05) is 33.8 Å². The van der Waals surface area contributed by atoms with Gasteiger partial charge < -0.3 is 20.1 Å². The lowest BCUT2D eigenvalue weighted by Crippen LogP contribution is -2.32. The SMILES string of the molecule is COc1ccc(C(=O)Nc2cccc(SC3=C(Nc4ccc(Br)cc4)C(=O)N(c4ccc(OC)cc4)C3=O)c2)cc1. The Hall–Kier alpha value is -4.54. The fourth-order valence-corrected chi connectivity index (χ4v) is 5.31. The molecule has 0 saturated carbocycles. The van der Waals surface area contributed by atoms with E-state index in [-0.39, 0.29) is 16.5 Å². The molecule has 0 unspecified atom stereocenters. The standard InChI is InChI=1S/C31H24BrN3O5S/c1-39-24-14-6-19(7-15-24)29(36)34-22-4-3-5-26(18-22)41-28-27(33-21-10-8-20(32)9-11-21)30(37)35(31(28)38)23-12-16-25(40-2)17-13-23/h3-18,33H,1-2H3,(H,34,36). The fraction of sp³-hybridized carbons (Fsp3) is 0.0645. The summed E-state index contributed by atoms with van der Waals surface area (Å²) >= 11 is 4.56. The number of methoxy groups -OCH3 is 2. The van der Waals surface area contributed by atoms with E-state index in [1.807, 2.05) is 30.3 Å². The van der Waals surface area contributed by atoms with Crippen LogP contribution < -0.4 is 25.0 Å². The summed E-state index contributed by atoms with van der Waals surface area (Å²) in [5.74, 6) is 0.0359. The van der Waals surface area contributed by atoms with E-state index in [1.54, 1.807) is 80.9 Å². The van der Waals surface area contributed by atoms with Crippen LogP contribution in [0, 0.1) is 0 Å². The first kappa shape index (κ1) is 28.0. The Morgan fingerprint density at radius 2 is 1.41 bits per heavy atom. The third-order valence-electron chi connectivity index (χ3n) is 6.15. The van der Waals surface area contributed by atoms with Crippen molar-refractivity contribution in [1.29, 1.82) is 0 Å². The lowest BCUT2D eigenvalue weighted by atomic mass is 10.2. The fourth-order valence-electron chi connectivity index (χ4n) is 4.06. The van der Waals surface area contributed by atoms with Crippen LogP contribution >= 0.6 is 27.7 Å². The van der Waals surface area contributed by atoms with Gasteiger partial charge >= 0.3 is 0 Å². The first-order valence-corrected chi connectivity index (χ1v) is 14.0. The molecule has 4 aromatic rings. The van der Waals surface area contributed by atoms with E-state index >= 15 is 0 Å². The zero-order chi connectivity index (χ0) is 28.9. The number of nitrogens with zero attached hydrogens (tertiary/aromatic N) is 1. The summed E-state index contributed by atoms with van der Waals surface area (Å²) in [6.07, 6.45) is 0. The van der Waals surface area contributed by atoms with Crippen molar-refractivity contribution < 1.29 is 23.9 Å². The minimum absolute atomic E-state index is 0.158. The molecule has 0 aromatic heterocycles. The molecule has 0 spiro atoms. The van der Waals surface area contributed by atoms with Crippen molar-refractivity contribution in [2.75, 3.05) is 29.8 Å². The lowest BCUT2D eigenvalue weighted by molar-refractivity contribution is -0.120. The maximum atomic E-state index is 13.7. The predicted molar refractivity (Wildman–Crippen MR) is 164 cm³/mol. The third-order valence-corrected chi connectivity index (χ3v) is 7.75. The number of ether oxygens (including phenoxy) is 2. The van der Waals surface area contributed by atoms with Crippen LogP contribution in [0.2, 0.25) is 0 Å². The van der Waals surface area contributed by atoms with Crippen molar-refractivity contribution in [2.45, 2.75) is 4.90 Å². The summed E-state index contributed by atoms with van der Waals surface area (Å²) in [5, 5.41) is 6.02. The van der Waals surface area contributed by atoms with Crippen molar-refractivity contribution in [3.8, 4) is 11.5 Å². The molecule has 5 rings (SSSR count). The Balaban J connectivity index is 1.43. The molecule has 0 saturated heterocycles. The number of halogens is 1. The minimum Gasteiger partial charge on any atom is -0.497 e. The summed E-state index contributed by atoms with van der Waals surface area (Å²) in [5.41, 5.74) is 2.25. The molecular weight excluding hydrogens is 606 g/mol. The summed E-state index contributed by atoms with van der Waals surface area (Å²) < 4.78 is 11.3. The van der Waals surface area contributed by atoms with Crippen LogP contribution in [-0.4, -0.2) is 31.9 Å². The second kappa shape index (κ2) is 12.3. The van der Waals surface area contributed by atoms with Crippen molar-refractivity contribution in [1.82, 2.24) is 0 Å². The second-order valence-corrected chi connectivity index (χ2v) is 10.8. The highest BCUT2D eigenvalue weighted by molar-refractivity contribution is 9.10. The highest BCUT2D eigenvalue weighted by Crippen LogP contribution is 2.39. The number of anilines is 3. The molecule has 0 fully saturated rings. The normalized spacial score (nSPS) is 12.9. The van der Waals surface area contributed by atoms with Crippen LogP contribution in [0.5, 0.6) is 11.5 Å². The summed E-state index contributed by atoms with van der Waals surface area (Å²) in [6, 6.07) is 27.9. The molecule has 1 aliphatic rings. The quantitative estimate of drug-likeness (QED) is 0.199. The Kier molecular flexibility index (Phi) is 8.42. The summed E-state index contributed by atoms with van der Waals surface area (Å²) in [4.78, 5) is 42.1. The van der Waals surface area contributed by atoms with Gasteiger partial charge in [-0.2, -0.15) is 0 Å². The number of carbonyl (C=O) groups is 3. The Morgan fingerprint density at radius 1 is 0.780 bits per heavy atom. The zero-order valence-electron chi connectivity index (χ0n) is 22.0. The number of hydrogen-bond acceptors (Lipinski definition) is 7. The average molecular weight is 631 g/mol. The second-order valence-electron chi connectivity index (χ2n) is 8.79. The van der Waals surface area contributed by atoms with Gasteiger partial charge in [-0.05, 0) is 91.0 Å². The highest BCUT2D eigenvalue weighted by atomic mass is 79.9. The molecule has 4 aromatic carbocycles. The van der Waals surface area contributed by atoms with E-state index in [2.05, 4.69) is 26.6 Å². The topological polar surface area (TPSA) is 97.0 Å². The van der Waals surface area contributed by atoms with E-state index in [0.717, 1.165) is 21.1 Å². The number of hydrogen-bond donors (Lipinski definition) is 2. The van der Waals surface area contributed by atoms with Crippen LogP contribution in [0.4, 0.5) is 17.1 Å². The molecule has 0 bridgehead atoms. The molecule has 10 heteroatoms. The van der Waals surface area contributed by atoms with Crippen LogP contribution in [0.25, 0.3) is 0 Å². The molecule has 1 aliphatic heterocycles. The van der Waals surface area contributed by atoms with Gasteiger partial charge in [0.05, 0.1) is 19.9 Å². The van der Waals surface area contributed by atoms with Gasteiger partial charge in [0, 0.05) is 26.3 Å². The van der Waals surface area contributed by atoms with E-state index in [1.165, 1.54) is 0 Å². The van der Waals surface area contributed by atoms with Gasteiger partial charge in [0.2, 0.25) is 0 Å². The largest absolute Gasteiger partial charge is 0.497 e. The third kappa shape index (κ3) is 6.29. The van der Waals surface area contributed by atoms with Crippen molar-refractivity contribution in [3.63, 3.8) is 0 Å². The van der Waals surface area contributed by atoms with Crippen LogP contribution in [0.15, 0.2) is 117 Å². The van der Waals surface area contributed by atoms with Gasteiger partial charge in [-0.25, -0.2) is 4.90 Å². The number of imide groups is 1. The average Bonchev–Trinajstić information content (AvgIpc) is 3.22. The predicted octanol–water partition coefficient (Wildman–Crippen LogP) is 6.71. The number of benzene rings is 4. The summed E-state index contributed by atoms with van der Waals surface area (Å²) in [7, 11) is 3.11. The first-order chi connectivity index (χ1) is 19.9. The van der Waals surface area contributed by atoms with Crippen LogP contribution in [-0.2, 0) is 9.59 Å². The van der Waals surface area contributed by atoms with Gasteiger partial charge in [-0.3, -0.25) is 14.4 Å². The zero-order valence-corrected chi connectivity index (χ0v) is 24.4. The Bertz CT molecular complexity index is 1640. The van der Waals surface area contributed by atoms with Crippen LogP contribution in [0.3, 0.4) is 0 Å². The minimum atomic E-state index is -0.477. The van der Waals surface area contributed by atoms with E-state index in [9.17, 15) is 14.4 Å². The van der Waals surface area contributed by atoms with E-state index in [4.69, 9.17) is 9.47 Å². The van der Waals surface area contributed by atoms with Crippen LogP contribution in [0.1, 0.15) is 10.4 Å². The first-order valence-electron chi connectivity index (χ1n) is 12.4. The monoisotopic (exact) mass is 629 g/mol. The molecular formula is C31H24BrN3O5S. The van der Waals surface area contributed by atoms with E-state index in [0.29, 0.717) is 39.0 Å². The maximum absolute atomic E-state index is 13.7. The van der Waals surface area contributed by atoms with Crippen molar-refractivity contribution >= 4 is 62.5 Å². The smallest absolute Gasteiger partial charge is 0.283 e. The van der Waals surface area contributed by atoms with Gasteiger partial charge in [0.15, 0.2) is 0 Å². The summed E-state index contributed by atoms with van der Waals surface area (Å²) in [6.45, 7) is 0. The number of rotatable bonds is 9. The molecule has 206 valence electrons. The number of thioether (sulfide) groups is 1. The molecule has 3 amide bonds. The Morgan fingerprint density at radius 3 is 2.05 bits per heavy atom. The highest BCUT2D eigenvalue weighted by Gasteiger charge is 2.40. The van der Waals surface area contributed by atoms with E-state index < -0.39 is 11.8 Å². The number of carbonyl (C=O) groups excluding carboxylic acids is 3. The molecule has 8 nitrogen and oxygen atoms in total. The molecule has 41 heavy (non-hydrogen) atoms. The molecule has 1 heterocycles. The van der Waals surface area contributed by atoms with Gasteiger partial charge in [-0.15, -0.1) is 0 Å². The molecule has 2 N–H and O–H groups in total. The lowest BCUT2D eigenvalue weighted by Gasteiger charge is -2.15. The number of nitrogens with one attached hydrogen (secondary N) is 2.